The van der Waals surface area contributed by atoms with E-state index in [0.717, 1.165) is 40.7 Å². The van der Waals surface area contributed by atoms with Crippen LogP contribution < -0.4 is 10.2 Å². The minimum absolute atomic E-state index is 0.0530. The fourth-order valence-corrected chi connectivity index (χ4v) is 4.12. The van der Waals surface area contributed by atoms with Gasteiger partial charge in [-0.05, 0) is 43.5 Å². The number of nitrogens with one attached hydrogen (secondary N) is 1. The molecule has 25 heavy (non-hydrogen) atoms. The third-order valence-corrected chi connectivity index (χ3v) is 5.50. The number of amides is 2. The first-order valence-corrected chi connectivity index (χ1v) is 9.36. The molecule has 1 saturated heterocycles. The molecule has 0 bridgehead atoms. The first-order chi connectivity index (χ1) is 12.1. The molecule has 4 rings (SSSR count). The van der Waals surface area contributed by atoms with Gasteiger partial charge in [-0.15, -0.1) is 0 Å². The van der Waals surface area contributed by atoms with Crippen molar-refractivity contribution in [1.82, 2.24) is 5.32 Å². The SMILES string of the molecule is O=C(NC1CCCc2occc21)C1CCN(c2cccc(Br)c2)C1=O. The van der Waals surface area contributed by atoms with Crippen LogP contribution in [0.5, 0.6) is 0 Å². The zero-order valence-corrected chi connectivity index (χ0v) is 15.3. The van der Waals surface area contributed by atoms with Crippen LogP contribution in [0.1, 0.15) is 36.6 Å². The highest BCUT2D eigenvalue weighted by molar-refractivity contribution is 9.10. The molecular weight excluding hydrogens is 384 g/mol. The summed E-state index contributed by atoms with van der Waals surface area (Å²) in [4.78, 5) is 27.1. The predicted octanol–water partition coefficient (Wildman–Crippen LogP) is 3.59. The average molecular weight is 403 g/mol. The number of hydrogen-bond donors (Lipinski definition) is 1. The first-order valence-electron chi connectivity index (χ1n) is 8.57. The van der Waals surface area contributed by atoms with E-state index in [0.29, 0.717) is 13.0 Å². The van der Waals surface area contributed by atoms with Gasteiger partial charge in [-0.1, -0.05) is 22.0 Å². The summed E-state index contributed by atoms with van der Waals surface area (Å²) >= 11 is 3.42. The zero-order valence-electron chi connectivity index (χ0n) is 13.7. The van der Waals surface area contributed by atoms with Gasteiger partial charge in [-0.25, -0.2) is 0 Å². The number of hydrogen-bond acceptors (Lipinski definition) is 3. The molecule has 0 saturated carbocycles. The molecule has 6 heteroatoms. The second-order valence-electron chi connectivity index (χ2n) is 6.56. The molecule has 1 fully saturated rings. The second kappa shape index (κ2) is 6.67. The quantitative estimate of drug-likeness (QED) is 0.797. The van der Waals surface area contributed by atoms with E-state index in [2.05, 4.69) is 21.2 Å². The minimum atomic E-state index is -0.615. The third kappa shape index (κ3) is 3.11. The minimum Gasteiger partial charge on any atom is -0.469 e. The summed E-state index contributed by atoms with van der Waals surface area (Å²) in [6.45, 7) is 0.564. The summed E-state index contributed by atoms with van der Waals surface area (Å²) in [5, 5.41) is 3.06. The third-order valence-electron chi connectivity index (χ3n) is 5.01. The molecule has 1 aromatic carbocycles. The van der Waals surface area contributed by atoms with E-state index in [1.54, 1.807) is 11.2 Å². The summed E-state index contributed by atoms with van der Waals surface area (Å²) in [7, 11) is 0. The maximum absolute atomic E-state index is 12.7. The van der Waals surface area contributed by atoms with E-state index >= 15 is 0 Å². The predicted molar refractivity (Wildman–Crippen MR) is 97.1 cm³/mol. The maximum Gasteiger partial charge on any atom is 0.239 e. The number of carbonyl (C=O) groups is 2. The van der Waals surface area contributed by atoms with Crippen LogP contribution in [0.2, 0.25) is 0 Å². The van der Waals surface area contributed by atoms with Gasteiger partial charge in [0.05, 0.1) is 12.3 Å². The van der Waals surface area contributed by atoms with Crippen LogP contribution in [-0.4, -0.2) is 18.4 Å². The van der Waals surface area contributed by atoms with Crippen molar-refractivity contribution in [2.24, 2.45) is 5.92 Å². The van der Waals surface area contributed by atoms with Gasteiger partial charge in [0.2, 0.25) is 11.8 Å². The molecule has 2 amide bonds. The van der Waals surface area contributed by atoms with Gasteiger partial charge in [-0.2, -0.15) is 0 Å². The lowest BCUT2D eigenvalue weighted by atomic mass is 9.93. The van der Waals surface area contributed by atoms with Crippen LogP contribution in [0.4, 0.5) is 5.69 Å². The van der Waals surface area contributed by atoms with Gasteiger partial charge in [0.15, 0.2) is 0 Å². The molecule has 2 aliphatic rings. The van der Waals surface area contributed by atoms with Crippen molar-refractivity contribution < 1.29 is 14.0 Å². The van der Waals surface area contributed by atoms with E-state index in [-0.39, 0.29) is 17.9 Å². The molecule has 0 radical (unpaired) electrons. The number of anilines is 1. The van der Waals surface area contributed by atoms with Gasteiger partial charge < -0.3 is 14.6 Å². The van der Waals surface area contributed by atoms with Crippen LogP contribution in [0.15, 0.2) is 45.5 Å². The van der Waals surface area contributed by atoms with E-state index in [1.807, 2.05) is 30.3 Å². The number of halogens is 1. The van der Waals surface area contributed by atoms with Crippen LogP contribution in [0, 0.1) is 5.92 Å². The van der Waals surface area contributed by atoms with Gasteiger partial charge in [0.1, 0.15) is 11.7 Å². The Labute approximate surface area is 154 Å². The van der Waals surface area contributed by atoms with Crippen molar-refractivity contribution in [3.8, 4) is 0 Å². The van der Waals surface area contributed by atoms with Gasteiger partial charge in [0.25, 0.3) is 0 Å². The van der Waals surface area contributed by atoms with Crippen LogP contribution in [0.3, 0.4) is 0 Å². The number of aryl methyl sites for hydroxylation is 1. The van der Waals surface area contributed by atoms with E-state index < -0.39 is 5.92 Å². The molecule has 2 unspecified atom stereocenters. The second-order valence-corrected chi connectivity index (χ2v) is 7.48. The van der Waals surface area contributed by atoms with Crippen molar-refractivity contribution >= 4 is 33.4 Å². The normalized spacial score (nSPS) is 22.8. The standard InChI is InChI=1S/C19H19BrN2O3/c20-12-3-1-4-13(11-12)22-9-7-15(19(22)24)18(23)21-16-5-2-6-17-14(16)8-10-25-17/h1,3-4,8,10-11,15-16H,2,5-7,9H2,(H,21,23). The molecular formula is C19H19BrN2O3. The van der Waals surface area contributed by atoms with E-state index in [9.17, 15) is 9.59 Å². The molecule has 130 valence electrons. The highest BCUT2D eigenvalue weighted by atomic mass is 79.9. The van der Waals surface area contributed by atoms with Gasteiger partial charge >= 0.3 is 0 Å². The number of furan rings is 1. The summed E-state index contributed by atoms with van der Waals surface area (Å²) in [6, 6.07) is 9.47. The van der Waals surface area contributed by atoms with Crippen molar-refractivity contribution in [3.63, 3.8) is 0 Å². The number of rotatable bonds is 3. The lowest BCUT2D eigenvalue weighted by Gasteiger charge is -2.24. The molecule has 2 atom stereocenters. The van der Waals surface area contributed by atoms with Crippen LogP contribution in [-0.2, 0) is 16.0 Å². The van der Waals surface area contributed by atoms with Crippen molar-refractivity contribution in [3.05, 3.63) is 52.4 Å². The lowest BCUT2D eigenvalue weighted by molar-refractivity contribution is -0.132. The zero-order chi connectivity index (χ0) is 17.4. The highest BCUT2D eigenvalue weighted by Gasteiger charge is 2.39. The smallest absolute Gasteiger partial charge is 0.239 e. The Morgan fingerprint density at radius 3 is 3.00 bits per heavy atom. The molecule has 1 aromatic heterocycles. The largest absolute Gasteiger partial charge is 0.469 e. The molecule has 2 heterocycles. The molecule has 1 aliphatic carbocycles. The number of carbonyl (C=O) groups excluding carboxylic acids is 2. The monoisotopic (exact) mass is 402 g/mol. The number of nitrogens with zero attached hydrogens (tertiary/aromatic N) is 1. The Kier molecular flexibility index (Phi) is 4.37. The Hall–Kier alpha value is -2.08. The summed E-state index contributed by atoms with van der Waals surface area (Å²) < 4.78 is 6.39. The topological polar surface area (TPSA) is 62.6 Å². The molecule has 1 N–H and O–H groups in total. The van der Waals surface area contributed by atoms with Crippen molar-refractivity contribution in [1.29, 1.82) is 0 Å². The fraction of sp³-hybridized carbons (Fsp3) is 0.368. The van der Waals surface area contributed by atoms with E-state index in [1.165, 1.54) is 0 Å². The maximum atomic E-state index is 12.7. The summed E-state index contributed by atoms with van der Waals surface area (Å²) in [5.41, 5.74) is 1.87. The molecule has 5 nitrogen and oxygen atoms in total. The molecule has 0 spiro atoms. The molecule has 1 aliphatic heterocycles. The van der Waals surface area contributed by atoms with Crippen LogP contribution in [0.25, 0.3) is 0 Å². The van der Waals surface area contributed by atoms with Crippen molar-refractivity contribution in [2.75, 3.05) is 11.4 Å². The Morgan fingerprint density at radius 2 is 2.16 bits per heavy atom. The molecule has 2 aromatic rings. The summed E-state index contributed by atoms with van der Waals surface area (Å²) in [5.74, 6) is 0.0293. The van der Waals surface area contributed by atoms with Gasteiger partial charge in [-0.3, -0.25) is 9.59 Å². The Morgan fingerprint density at radius 1 is 1.28 bits per heavy atom. The highest BCUT2D eigenvalue weighted by Crippen LogP contribution is 2.32. The summed E-state index contributed by atoms with van der Waals surface area (Å²) in [6.07, 6.45) is 4.99. The van der Waals surface area contributed by atoms with E-state index in [4.69, 9.17) is 4.42 Å². The average Bonchev–Trinajstić information content (AvgIpc) is 3.22. The van der Waals surface area contributed by atoms with Gasteiger partial charge in [0, 0.05) is 28.7 Å². The lowest BCUT2D eigenvalue weighted by Crippen LogP contribution is -2.39. The number of benzene rings is 1. The first kappa shape index (κ1) is 16.4. The number of fused-ring (bicyclic) bond motifs is 1. The van der Waals surface area contributed by atoms with Crippen molar-refractivity contribution in [2.45, 2.75) is 31.7 Å². The Balaban J connectivity index is 1.46. The Bertz CT molecular complexity index is 817. The van der Waals surface area contributed by atoms with Crippen LogP contribution >= 0.6 is 15.9 Å². The fourth-order valence-electron chi connectivity index (χ4n) is 3.73.